The normalized spacial score (nSPS) is 16.0. The Kier molecular flexibility index (Phi) is 1.89. The van der Waals surface area contributed by atoms with Crippen LogP contribution in [-0.2, 0) is 4.79 Å². The van der Waals surface area contributed by atoms with Crippen molar-refractivity contribution in [3.05, 3.63) is 35.9 Å². The number of benzene rings is 1. The highest BCUT2D eigenvalue weighted by atomic mass is 16.3. The van der Waals surface area contributed by atoms with Crippen LogP contribution in [0.4, 0.5) is 0 Å². The van der Waals surface area contributed by atoms with E-state index < -0.39 is 0 Å². The van der Waals surface area contributed by atoms with Crippen LogP contribution in [0.25, 0.3) is 5.57 Å². The van der Waals surface area contributed by atoms with Gasteiger partial charge in [0.05, 0.1) is 0 Å². The van der Waals surface area contributed by atoms with Gasteiger partial charge in [0.1, 0.15) is 5.75 Å². The Labute approximate surface area is 76.5 Å². The summed E-state index contributed by atoms with van der Waals surface area (Å²) < 4.78 is 0. The number of carbonyl (C=O) groups is 1. The van der Waals surface area contributed by atoms with Crippen LogP contribution in [0.3, 0.4) is 0 Å². The van der Waals surface area contributed by atoms with Gasteiger partial charge in [-0.1, -0.05) is 18.2 Å². The molecule has 0 aromatic heterocycles. The lowest BCUT2D eigenvalue weighted by molar-refractivity contribution is -0.114. The van der Waals surface area contributed by atoms with E-state index in [1.54, 1.807) is 18.2 Å². The second kappa shape index (κ2) is 3.05. The number of para-hydroxylation sites is 1. The highest BCUT2D eigenvalue weighted by molar-refractivity contribution is 6.02. The van der Waals surface area contributed by atoms with Gasteiger partial charge < -0.3 is 5.11 Å². The Morgan fingerprint density at radius 3 is 2.54 bits per heavy atom. The molecule has 66 valence electrons. The van der Waals surface area contributed by atoms with Crippen molar-refractivity contribution in [2.75, 3.05) is 0 Å². The van der Waals surface area contributed by atoms with E-state index >= 15 is 0 Å². The molecule has 1 aliphatic carbocycles. The van der Waals surface area contributed by atoms with Crippen LogP contribution in [0, 0.1) is 0 Å². The number of carbonyl (C=O) groups excluding carboxylic acids is 1. The van der Waals surface area contributed by atoms with E-state index in [0.29, 0.717) is 6.42 Å². The Morgan fingerprint density at radius 2 is 1.92 bits per heavy atom. The van der Waals surface area contributed by atoms with Gasteiger partial charge in [0.15, 0.2) is 5.78 Å². The van der Waals surface area contributed by atoms with Crippen molar-refractivity contribution < 1.29 is 9.90 Å². The maximum atomic E-state index is 11.0. The first-order chi connectivity index (χ1) is 6.27. The molecule has 2 nitrogen and oxygen atoms in total. The number of aromatic hydroxyl groups is 1. The van der Waals surface area contributed by atoms with Crippen molar-refractivity contribution in [3.8, 4) is 5.75 Å². The molecular weight excluding hydrogens is 164 g/mol. The van der Waals surface area contributed by atoms with Gasteiger partial charge in [0.2, 0.25) is 0 Å². The maximum Gasteiger partial charge on any atom is 0.156 e. The van der Waals surface area contributed by atoms with Gasteiger partial charge in [-0.15, -0.1) is 0 Å². The first-order valence-electron chi connectivity index (χ1n) is 4.29. The van der Waals surface area contributed by atoms with Crippen molar-refractivity contribution >= 4 is 11.4 Å². The number of phenolic OH excluding ortho intramolecular Hbond substituents is 1. The lowest BCUT2D eigenvalue weighted by atomic mass is 10.0. The van der Waals surface area contributed by atoms with E-state index in [1.165, 1.54) is 0 Å². The molecule has 1 aromatic rings. The Bertz CT molecular complexity index is 377. The highest BCUT2D eigenvalue weighted by Crippen LogP contribution is 2.31. The molecule has 0 amide bonds. The van der Waals surface area contributed by atoms with Crippen LogP contribution in [0.15, 0.2) is 30.3 Å². The highest BCUT2D eigenvalue weighted by Gasteiger charge is 2.15. The molecule has 0 fully saturated rings. The first-order valence-corrected chi connectivity index (χ1v) is 4.29. The van der Waals surface area contributed by atoms with Gasteiger partial charge in [0, 0.05) is 12.0 Å². The topological polar surface area (TPSA) is 37.3 Å². The van der Waals surface area contributed by atoms with Gasteiger partial charge in [-0.25, -0.2) is 0 Å². The van der Waals surface area contributed by atoms with Crippen molar-refractivity contribution in [3.63, 3.8) is 0 Å². The summed E-state index contributed by atoms with van der Waals surface area (Å²) in [5.74, 6) is 0.404. The second-order valence-corrected chi connectivity index (χ2v) is 3.15. The fourth-order valence-electron chi connectivity index (χ4n) is 1.55. The molecular formula is C11H10O2. The fraction of sp³-hybridized carbons (Fsp3) is 0.182. The Hall–Kier alpha value is -1.57. The SMILES string of the molecule is O=C1C=C(c2ccccc2O)CC1. The van der Waals surface area contributed by atoms with Crippen LogP contribution in [0.2, 0.25) is 0 Å². The van der Waals surface area contributed by atoms with E-state index in [2.05, 4.69) is 0 Å². The molecule has 0 radical (unpaired) electrons. The Balaban J connectivity index is 2.41. The molecule has 0 saturated heterocycles. The van der Waals surface area contributed by atoms with Crippen molar-refractivity contribution in [2.45, 2.75) is 12.8 Å². The van der Waals surface area contributed by atoms with Crippen molar-refractivity contribution in [2.24, 2.45) is 0 Å². The van der Waals surface area contributed by atoms with E-state index in [-0.39, 0.29) is 11.5 Å². The number of phenols is 1. The molecule has 2 rings (SSSR count). The summed E-state index contributed by atoms with van der Waals surface area (Å²) in [4.78, 5) is 11.0. The quantitative estimate of drug-likeness (QED) is 0.708. The first kappa shape index (κ1) is 8.05. The van der Waals surface area contributed by atoms with Crippen molar-refractivity contribution in [1.82, 2.24) is 0 Å². The predicted octanol–water partition coefficient (Wildman–Crippen LogP) is 2.14. The van der Waals surface area contributed by atoms with Gasteiger partial charge in [-0.2, -0.15) is 0 Å². The van der Waals surface area contributed by atoms with Crippen molar-refractivity contribution in [1.29, 1.82) is 0 Å². The minimum absolute atomic E-state index is 0.151. The van der Waals surface area contributed by atoms with E-state index in [9.17, 15) is 9.90 Å². The minimum Gasteiger partial charge on any atom is -0.507 e. The van der Waals surface area contributed by atoms with E-state index in [0.717, 1.165) is 17.6 Å². The number of allylic oxidation sites excluding steroid dienone is 2. The molecule has 0 spiro atoms. The average molecular weight is 174 g/mol. The van der Waals surface area contributed by atoms with Crippen LogP contribution in [0.5, 0.6) is 5.75 Å². The third-order valence-corrected chi connectivity index (χ3v) is 2.23. The molecule has 13 heavy (non-hydrogen) atoms. The maximum absolute atomic E-state index is 11.0. The number of hydrogen-bond donors (Lipinski definition) is 1. The monoisotopic (exact) mass is 174 g/mol. The number of ketones is 1. The summed E-state index contributed by atoms with van der Waals surface area (Å²) in [6.07, 6.45) is 2.94. The molecule has 0 heterocycles. The summed E-state index contributed by atoms with van der Waals surface area (Å²) in [7, 11) is 0. The largest absolute Gasteiger partial charge is 0.507 e. The third-order valence-electron chi connectivity index (χ3n) is 2.23. The molecule has 1 N–H and O–H groups in total. The Morgan fingerprint density at radius 1 is 1.15 bits per heavy atom. The molecule has 2 heteroatoms. The predicted molar refractivity (Wildman–Crippen MR) is 50.3 cm³/mol. The second-order valence-electron chi connectivity index (χ2n) is 3.15. The minimum atomic E-state index is 0.151. The van der Waals surface area contributed by atoms with Crippen LogP contribution in [0.1, 0.15) is 18.4 Å². The molecule has 0 bridgehead atoms. The zero-order valence-electron chi connectivity index (χ0n) is 7.16. The number of rotatable bonds is 1. The summed E-state index contributed by atoms with van der Waals surface area (Å²) in [6.45, 7) is 0. The summed E-state index contributed by atoms with van der Waals surface area (Å²) in [5.41, 5.74) is 1.73. The lowest BCUT2D eigenvalue weighted by Crippen LogP contribution is -1.80. The summed E-state index contributed by atoms with van der Waals surface area (Å²) in [6, 6.07) is 7.10. The molecule has 1 aliphatic rings. The number of hydrogen-bond acceptors (Lipinski definition) is 2. The zero-order valence-corrected chi connectivity index (χ0v) is 7.16. The van der Waals surface area contributed by atoms with Crippen LogP contribution in [-0.4, -0.2) is 10.9 Å². The van der Waals surface area contributed by atoms with E-state index in [4.69, 9.17) is 0 Å². The van der Waals surface area contributed by atoms with Gasteiger partial charge in [0.25, 0.3) is 0 Å². The van der Waals surface area contributed by atoms with Crippen LogP contribution < -0.4 is 0 Å². The van der Waals surface area contributed by atoms with Gasteiger partial charge in [-0.05, 0) is 24.1 Å². The van der Waals surface area contributed by atoms with Crippen LogP contribution >= 0.6 is 0 Å². The van der Waals surface area contributed by atoms with Gasteiger partial charge in [-0.3, -0.25) is 4.79 Å². The third kappa shape index (κ3) is 1.47. The lowest BCUT2D eigenvalue weighted by Gasteiger charge is -2.03. The molecule has 0 unspecified atom stereocenters. The molecule has 0 aliphatic heterocycles. The smallest absolute Gasteiger partial charge is 0.156 e. The standard InChI is InChI=1S/C11H10O2/c12-9-6-5-8(7-9)10-3-1-2-4-11(10)13/h1-4,7,13H,5-6H2. The summed E-state index contributed by atoms with van der Waals surface area (Å²) in [5, 5.41) is 9.51. The zero-order chi connectivity index (χ0) is 9.26. The average Bonchev–Trinajstić information content (AvgIpc) is 2.53. The van der Waals surface area contributed by atoms with Gasteiger partial charge >= 0.3 is 0 Å². The molecule has 0 atom stereocenters. The fourth-order valence-corrected chi connectivity index (χ4v) is 1.55. The molecule has 0 saturated carbocycles. The summed E-state index contributed by atoms with van der Waals surface area (Å²) >= 11 is 0. The molecule has 1 aromatic carbocycles. The van der Waals surface area contributed by atoms with E-state index in [1.807, 2.05) is 12.1 Å².